The van der Waals surface area contributed by atoms with Crippen molar-refractivity contribution in [3.63, 3.8) is 0 Å². The zero-order chi connectivity index (χ0) is 41.4. The largest absolute Gasteiger partial charge is 0.469 e. The molecule has 0 bridgehead atoms. The maximum atomic E-state index is 12.6. The van der Waals surface area contributed by atoms with E-state index in [0.29, 0.717) is 17.1 Å². The maximum absolute atomic E-state index is 12.6. The molecule has 0 radical (unpaired) electrons. The van der Waals surface area contributed by atoms with Crippen molar-refractivity contribution in [2.24, 2.45) is 0 Å². The van der Waals surface area contributed by atoms with Gasteiger partial charge in [0.1, 0.15) is 31.5 Å². The van der Waals surface area contributed by atoms with Crippen molar-refractivity contribution in [2.45, 2.75) is 116 Å². The quantitative estimate of drug-likeness (QED) is 0.0745. The Bertz CT molecular complexity index is 1400. The molecule has 21 heteroatoms. The second-order valence-electron chi connectivity index (χ2n) is 12.1. The molecule has 0 N–H and O–H groups in total. The van der Waals surface area contributed by atoms with Crippen LogP contribution in [0.5, 0.6) is 0 Å². The fourth-order valence-corrected chi connectivity index (χ4v) is 6.15. The van der Waals surface area contributed by atoms with E-state index < -0.39 is 116 Å². The summed E-state index contributed by atoms with van der Waals surface area (Å²) in [5.41, 5.74) is 0.525. The summed E-state index contributed by atoms with van der Waals surface area (Å²) >= 11 is 1.37. The molecule has 20 nitrogen and oxygen atoms in total. The second kappa shape index (κ2) is 22.9. The predicted octanol–water partition coefficient (Wildman–Crippen LogP) is 0.475. The van der Waals surface area contributed by atoms with Crippen molar-refractivity contribution in [2.75, 3.05) is 38.4 Å². The van der Waals surface area contributed by atoms with E-state index in [0.717, 1.165) is 48.5 Å². The summed E-state index contributed by atoms with van der Waals surface area (Å²) in [6.45, 7) is 10.1. The van der Waals surface area contributed by atoms with Gasteiger partial charge < -0.3 is 56.8 Å². The van der Waals surface area contributed by atoms with Crippen LogP contribution in [0.4, 0.5) is 0 Å². The fourth-order valence-electron chi connectivity index (χ4n) is 5.32. The average molecular weight is 809 g/mol. The molecule has 0 aliphatic carbocycles. The van der Waals surface area contributed by atoms with Gasteiger partial charge in [0, 0.05) is 60.0 Å². The molecule has 2 fully saturated rings. The number of hydrogen-bond donors (Lipinski definition) is 0. The minimum absolute atomic E-state index is 0.165. The van der Waals surface area contributed by atoms with E-state index in [1.807, 2.05) is 0 Å². The molecule has 0 aromatic heterocycles. The molecule has 310 valence electrons. The molecule has 0 aromatic rings. The molecule has 0 aromatic carbocycles. The number of thioether (sulfide) groups is 1. The van der Waals surface area contributed by atoms with Crippen molar-refractivity contribution in [1.82, 2.24) is 0 Å². The maximum Gasteiger partial charge on any atom is 0.306 e. The number of rotatable bonds is 19. The number of hydrogen-bond acceptors (Lipinski definition) is 21. The smallest absolute Gasteiger partial charge is 0.306 e. The molecule has 2 aliphatic rings. The van der Waals surface area contributed by atoms with Gasteiger partial charge in [0.05, 0.1) is 20.1 Å². The topological polar surface area (TPSA) is 247 Å². The molecule has 0 unspecified atom stereocenters. The zero-order valence-electron chi connectivity index (χ0n) is 31.8. The minimum Gasteiger partial charge on any atom is -0.469 e. The first-order valence-electron chi connectivity index (χ1n) is 16.8. The van der Waals surface area contributed by atoms with Gasteiger partial charge >= 0.3 is 47.8 Å². The highest BCUT2D eigenvalue weighted by molar-refractivity contribution is 7.99. The van der Waals surface area contributed by atoms with E-state index in [1.54, 1.807) is 0 Å². The molecule has 2 saturated heterocycles. The number of ether oxygens (including phenoxy) is 12. The Hall–Kier alpha value is -4.31. The van der Waals surface area contributed by atoms with Gasteiger partial charge in [-0.25, -0.2) is 0 Å². The zero-order valence-corrected chi connectivity index (χ0v) is 32.6. The third-order valence-corrected chi connectivity index (χ3v) is 8.43. The van der Waals surface area contributed by atoms with Crippen molar-refractivity contribution in [3.05, 3.63) is 12.2 Å². The highest BCUT2D eigenvalue weighted by Crippen LogP contribution is 2.35. The molecular weight excluding hydrogens is 760 g/mol. The molecule has 55 heavy (non-hydrogen) atoms. The number of carbonyl (C=O) groups is 8. The van der Waals surface area contributed by atoms with Crippen LogP contribution >= 0.6 is 11.8 Å². The monoisotopic (exact) mass is 808 g/mol. The van der Waals surface area contributed by atoms with Crippen LogP contribution in [0.3, 0.4) is 0 Å². The van der Waals surface area contributed by atoms with Crippen LogP contribution in [0.15, 0.2) is 12.2 Å². The SMILES string of the molecule is C=C(CO[C@@H]1O[C@H](COC(C)=O)[C@@H](O[C@@H]2O[C@H](COC(C)=O)[C@H](OC(C)=O)[C@H](OC(C)=O)[C@H]2OC(C)=O)[C@H](OC(C)=O)[C@H]1OC(C)=O)CSCCC(=O)OC. The van der Waals surface area contributed by atoms with Crippen molar-refractivity contribution in [1.29, 1.82) is 0 Å². The third kappa shape index (κ3) is 16.1. The van der Waals surface area contributed by atoms with E-state index in [9.17, 15) is 38.4 Å². The van der Waals surface area contributed by atoms with Crippen LogP contribution in [0.25, 0.3) is 0 Å². The van der Waals surface area contributed by atoms with Gasteiger partial charge in [-0.05, 0) is 5.57 Å². The summed E-state index contributed by atoms with van der Waals surface area (Å²) < 4.78 is 67.0. The first-order valence-corrected chi connectivity index (χ1v) is 18.0. The summed E-state index contributed by atoms with van der Waals surface area (Å²) in [6.07, 6.45) is -15.6. The third-order valence-electron chi connectivity index (χ3n) is 7.32. The van der Waals surface area contributed by atoms with Crippen LogP contribution in [0, 0.1) is 0 Å². The van der Waals surface area contributed by atoms with Gasteiger partial charge in [-0.15, -0.1) is 0 Å². The normalized spacial score (nSPS) is 27.3. The Morgan fingerprint density at radius 2 is 0.982 bits per heavy atom. The van der Waals surface area contributed by atoms with Crippen LogP contribution in [0.1, 0.15) is 54.9 Å². The lowest BCUT2D eigenvalue weighted by Crippen LogP contribution is -2.67. The van der Waals surface area contributed by atoms with Crippen LogP contribution in [0.2, 0.25) is 0 Å². The Kier molecular flexibility index (Phi) is 19.5. The molecule has 10 atom stereocenters. The number of esters is 8. The molecule has 2 rings (SSSR count). The second-order valence-corrected chi connectivity index (χ2v) is 13.2. The van der Waals surface area contributed by atoms with Crippen molar-refractivity contribution in [3.8, 4) is 0 Å². The van der Waals surface area contributed by atoms with E-state index in [2.05, 4.69) is 11.3 Å². The summed E-state index contributed by atoms with van der Waals surface area (Å²) in [6, 6.07) is 0. The number of methoxy groups -OCH3 is 1. The highest BCUT2D eigenvalue weighted by atomic mass is 32.2. The summed E-state index contributed by atoms with van der Waals surface area (Å²) in [5.74, 6) is -5.58. The standard InChI is InChI=1S/C34H48O20S/c1-16(15-55-11-10-26(42)43-9)12-46-33-31(50-22(7)40)30(49-21(6)39)28(25(52-33)14-45-18(3)36)54-34-32(51-23(8)41)29(48-20(5)38)27(47-19(4)37)24(53-34)13-44-17(2)35/h24-25,27-34H,1,10-15H2,2-9H3/t24-,25-,27+,28-,29+,30+,31-,32-,33-,34+/m1/s1. The van der Waals surface area contributed by atoms with E-state index in [4.69, 9.17) is 52.1 Å². The van der Waals surface area contributed by atoms with Crippen molar-refractivity contribution >= 4 is 59.5 Å². The Labute approximate surface area is 321 Å². The lowest BCUT2D eigenvalue weighted by Gasteiger charge is -2.48. The Morgan fingerprint density at radius 3 is 1.45 bits per heavy atom. The van der Waals surface area contributed by atoms with Gasteiger partial charge in [0.25, 0.3) is 0 Å². The summed E-state index contributed by atoms with van der Waals surface area (Å²) in [5, 5.41) is 0. The van der Waals surface area contributed by atoms with Gasteiger partial charge in [-0.1, -0.05) is 6.58 Å². The van der Waals surface area contributed by atoms with E-state index in [1.165, 1.54) is 18.9 Å². The Morgan fingerprint density at radius 1 is 0.564 bits per heavy atom. The van der Waals surface area contributed by atoms with Crippen molar-refractivity contribution < 1.29 is 95.2 Å². The minimum atomic E-state index is -1.82. The van der Waals surface area contributed by atoms with E-state index >= 15 is 0 Å². The first-order chi connectivity index (χ1) is 25.8. The summed E-state index contributed by atoms with van der Waals surface area (Å²) in [4.78, 5) is 97.2. The molecule has 2 aliphatic heterocycles. The Balaban J connectivity index is 2.61. The van der Waals surface area contributed by atoms with Crippen LogP contribution in [-0.2, 0) is 95.2 Å². The molecule has 0 saturated carbocycles. The molecule has 0 amide bonds. The molecule has 0 spiro atoms. The van der Waals surface area contributed by atoms with Crippen LogP contribution in [-0.4, -0.2) is 148 Å². The van der Waals surface area contributed by atoms with Gasteiger partial charge in [0.15, 0.2) is 43.1 Å². The molecule has 2 heterocycles. The van der Waals surface area contributed by atoms with E-state index in [-0.39, 0.29) is 19.0 Å². The highest BCUT2D eigenvalue weighted by Gasteiger charge is 2.57. The lowest BCUT2D eigenvalue weighted by molar-refractivity contribution is -0.360. The van der Waals surface area contributed by atoms with Gasteiger partial charge in [0.2, 0.25) is 0 Å². The predicted molar refractivity (Wildman–Crippen MR) is 182 cm³/mol. The average Bonchev–Trinajstić information content (AvgIpc) is 3.07. The van der Waals surface area contributed by atoms with Crippen LogP contribution < -0.4 is 0 Å². The summed E-state index contributed by atoms with van der Waals surface area (Å²) in [7, 11) is 1.28. The first kappa shape index (κ1) is 46.8. The number of carbonyl (C=O) groups excluding carboxylic acids is 8. The lowest BCUT2D eigenvalue weighted by atomic mass is 9.96. The van der Waals surface area contributed by atoms with Gasteiger partial charge in [-0.3, -0.25) is 38.4 Å². The van der Waals surface area contributed by atoms with Gasteiger partial charge in [-0.2, -0.15) is 11.8 Å². The molecular formula is C34H48O20S. The fraction of sp³-hybridized carbons (Fsp3) is 0.706.